The quantitative estimate of drug-likeness (QED) is 0.375. The number of aliphatic hydroxyl groups is 1. The van der Waals surface area contributed by atoms with E-state index >= 15 is 0 Å². The van der Waals surface area contributed by atoms with Crippen LogP contribution in [0.4, 0.5) is 8.78 Å². The molecule has 3 rings (SSSR count). The van der Waals surface area contributed by atoms with Gasteiger partial charge in [0.05, 0.1) is 24.8 Å². The van der Waals surface area contributed by atoms with Crippen LogP contribution >= 0.6 is 0 Å². The van der Waals surface area contributed by atoms with Crippen LogP contribution in [0.3, 0.4) is 0 Å². The van der Waals surface area contributed by atoms with E-state index < -0.39 is 41.2 Å². The third-order valence-corrected chi connectivity index (χ3v) is 7.15. The van der Waals surface area contributed by atoms with Crippen molar-refractivity contribution in [2.24, 2.45) is 0 Å². The molecular weight excluding hydrogens is 508 g/mol. The van der Waals surface area contributed by atoms with Gasteiger partial charge in [-0.25, -0.2) is 8.78 Å². The van der Waals surface area contributed by atoms with Crippen molar-refractivity contribution in [3.63, 3.8) is 0 Å². The third-order valence-electron chi connectivity index (χ3n) is 7.15. The topological polar surface area (TPSA) is 108 Å². The first-order chi connectivity index (χ1) is 18.4. The zero-order valence-corrected chi connectivity index (χ0v) is 22.8. The Morgan fingerprint density at radius 2 is 1.85 bits per heavy atom. The molecule has 3 N–H and O–H groups in total. The lowest BCUT2D eigenvalue weighted by atomic mass is 9.79. The molecule has 3 atom stereocenters. The van der Waals surface area contributed by atoms with Crippen molar-refractivity contribution in [2.45, 2.75) is 63.6 Å². The Balaban J connectivity index is 1.86. The zero-order valence-electron chi connectivity index (χ0n) is 22.8. The minimum atomic E-state index is -1.14. The largest absolute Gasteiger partial charge is 0.468 e. The second-order valence-corrected chi connectivity index (χ2v) is 10.4. The Morgan fingerprint density at radius 1 is 1.15 bits per heavy atom. The van der Waals surface area contributed by atoms with Crippen LogP contribution in [-0.4, -0.2) is 66.7 Å². The lowest BCUT2D eigenvalue weighted by Crippen LogP contribution is -2.57. The van der Waals surface area contributed by atoms with E-state index in [9.17, 15) is 28.3 Å². The number of amides is 2. The molecule has 0 spiro atoms. The standard InChI is InChI=1S/C29H37F2N3O5/c1-18(2)21-6-5-7-22(13-21)29(8-9-34(27(37)15-29)17-28(38)39-4)32-16-26(36)25(33-19(3)35)12-20-10-23(30)14-24(31)11-20/h5-7,10-11,13-14,18,25-26,32,36H,8-9,12,15-17H2,1-4H3,(H,33,35)/t25-,26+,29+/m0/s1. The molecule has 2 aromatic rings. The average Bonchev–Trinajstić information content (AvgIpc) is 2.87. The van der Waals surface area contributed by atoms with Crippen molar-refractivity contribution < 1.29 is 33.0 Å². The molecule has 1 aliphatic rings. The number of esters is 1. The summed E-state index contributed by atoms with van der Waals surface area (Å²) in [4.78, 5) is 38.3. The molecule has 0 radical (unpaired) electrons. The van der Waals surface area contributed by atoms with Crippen LogP contribution < -0.4 is 10.6 Å². The summed E-state index contributed by atoms with van der Waals surface area (Å²) in [6.07, 6.45) is -0.644. The molecule has 8 nitrogen and oxygen atoms in total. The Labute approximate surface area is 227 Å². The number of ether oxygens (including phenoxy) is 1. The van der Waals surface area contributed by atoms with Crippen LogP contribution in [0.25, 0.3) is 0 Å². The van der Waals surface area contributed by atoms with Crippen molar-refractivity contribution in [3.8, 4) is 0 Å². The number of methoxy groups -OCH3 is 1. The molecular formula is C29H37F2N3O5. The van der Waals surface area contributed by atoms with Crippen molar-refractivity contribution in [3.05, 3.63) is 70.8 Å². The van der Waals surface area contributed by atoms with Crippen LogP contribution in [0.1, 0.15) is 56.2 Å². The van der Waals surface area contributed by atoms with Gasteiger partial charge in [0.15, 0.2) is 0 Å². The first kappa shape index (κ1) is 30.2. The molecule has 1 heterocycles. The average molecular weight is 546 g/mol. The number of hydrogen-bond acceptors (Lipinski definition) is 6. The Morgan fingerprint density at radius 3 is 2.44 bits per heavy atom. The van der Waals surface area contributed by atoms with Gasteiger partial charge in [0.25, 0.3) is 0 Å². The molecule has 2 aromatic carbocycles. The van der Waals surface area contributed by atoms with E-state index in [-0.39, 0.29) is 43.3 Å². The summed E-state index contributed by atoms with van der Waals surface area (Å²) in [5.74, 6) is -2.40. The van der Waals surface area contributed by atoms with Crippen LogP contribution in [0.15, 0.2) is 42.5 Å². The predicted octanol–water partition coefficient (Wildman–Crippen LogP) is 2.78. The number of carbonyl (C=O) groups excluding carboxylic acids is 3. The van der Waals surface area contributed by atoms with Gasteiger partial charge in [0.1, 0.15) is 18.2 Å². The molecule has 0 bridgehead atoms. The fourth-order valence-electron chi connectivity index (χ4n) is 4.96. The van der Waals surface area contributed by atoms with Gasteiger partial charge in [-0.05, 0) is 47.6 Å². The van der Waals surface area contributed by atoms with Crippen molar-refractivity contribution in [2.75, 3.05) is 26.7 Å². The fourth-order valence-corrected chi connectivity index (χ4v) is 4.96. The van der Waals surface area contributed by atoms with E-state index in [1.807, 2.05) is 24.3 Å². The summed E-state index contributed by atoms with van der Waals surface area (Å²) in [6.45, 7) is 5.57. The monoisotopic (exact) mass is 545 g/mol. The highest BCUT2D eigenvalue weighted by molar-refractivity contribution is 5.83. The minimum absolute atomic E-state index is 0.00121. The second-order valence-electron chi connectivity index (χ2n) is 10.4. The van der Waals surface area contributed by atoms with Gasteiger partial charge in [-0.3, -0.25) is 14.4 Å². The molecule has 1 fully saturated rings. The van der Waals surface area contributed by atoms with E-state index in [1.54, 1.807) is 0 Å². The van der Waals surface area contributed by atoms with Gasteiger partial charge in [-0.15, -0.1) is 0 Å². The number of aliphatic hydroxyl groups excluding tert-OH is 1. The number of carbonyl (C=O) groups is 3. The minimum Gasteiger partial charge on any atom is -0.468 e. The number of halogens is 2. The Kier molecular flexibility index (Phi) is 10.2. The van der Waals surface area contributed by atoms with Crippen LogP contribution in [-0.2, 0) is 31.1 Å². The summed E-state index contributed by atoms with van der Waals surface area (Å²) in [6, 6.07) is 10.1. The number of likely N-dealkylation sites (tertiary alicyclic amines) is 1. The molecule has 2 amide bonds. The maximum Gasteiger partial charge on any atom is 0.325 e. The molecule has 1 aliphatic heterocycles. The summed E-state index contributed by atoms with van der Waals surface area (Å²) in [5.41, 5.74) is 1.40. The van der Waals surface area contributed by atoms with Crippen molar-refractivity contribution in [1.29, 1.82) is 0 Å². The molecule has 39 heavy (non-hydrogen) atoms. The third kappa shape index (κ3) is 8.06. The van der Waals surface area contributed by atoms with Crippen LogP contribution in [0.2, 0.25) is 0 Å². The van der Waals surface area contributed by atoms with E-state index in [0.717, 1.165) is 29.3 Å². The highest BCUT2D eigenvalue weighted by atomic mass is 19.1. The highest BCUT2D eigenvalue weighted by Crippen LogP contribution is 2.35. The number of hydrogen-bond donors (Lipinski definition) is 3. The zero-order chi connectivity index (χ0) is 28.7. The Bertz CT molecular complexity index is 1170. The summed E-state index contributed by atoms with van der Waals surface area (Å²) >= 11 is 0. The van der Waals surface area contributed by atoms with Gasteiger partial charge in [-0.2, -0.15) is 0 Å². The number of benzene rings is 2. The predicted molar refractivity (Wildman–Crippen MR) is 142 cm³/mol. The van der Waals surface area contributed by atoms with E-state index in [1.165, 1.54) is 18.9 Å². The van der Waals surface area contributed by atoms with Crippen LogP contribution in [0.5, 0.6) is 0 Å². The molecule has 0 unspecified atom stereocenters. The van der Waals surface area contributed by atoms with E-state index in [4.69, 9.17) is 4.74 Å². The van der Waals surface area contributed by atoms with Gasteiger partial charge in [0, 0.05) is 32.5 Å². The maximum absolute atomic E-state index is 13.8. The van der Waals surface area contributed by atoms with Crippen LogP contribution in [0, 0.1) is 11.6 Å². The van der Waals surface area contributed by atoms with E-state index in [0.29, 0.717) is 13.0 Å². The highest BCUT2D eigenvalue weighted by Gasteiger charge is 2.41. The lowest BCUT2D eigenvalue weighted by molar-refractivity contribution is -0.149. The number of rotatable bonds is 11. The molecule has 0 saturated carbocycles. The van der Waals surface area contributed by atoms with Gasteiger partial charge >= 0.3 is 5.97 Å². The molecule has 0 aliphatic carbocycles. The number of nitrogens with one attached hydrogen (secondary N) is 2. The molecule has 1 saturated heterocycles. The number of piperidine rings is 1. The smallest absolute Gasteiger partial charge is 0.325 e. The Hall–Kier alpha value is -3.37. The molecule has 212 valence electrons. The summed E-state index contributed by atoms with van der Waals surface area (Å²) in [5, 5.41) is 17.2. The normalized spacial score (nSPS) is 19.1. The molecule has 10 heteroatoms. The fraction of sp³-hybridized carbons (Fsp3) is 0.483. The lowest BCUT2D eigenvalue weighted by Gasteiger charge is -2.43. The molecule has 0 aromatic heterocycles. The summed E-state index contributed by atoms with van der Waals surface area (Å²) in [7, 11) is 1.27. The van der Waals surface area contributed by atoms with Gasteiger partial charge < -0.3 is 25.4 Å². The summed E-state index contributed by atoms with van der Waals surface area (Å²) < 4.78 is 32.2. The second kappa shape index (κ2) is 13.1. The van der Waals surface area contributed by atoms with Crippen molar-refractivity contribution >= 4 is 17.8 Å². The maximum atomic E-state index is 13.8. The van der Waals surface area contributed by atoms with E-state index in [2.05, 4.69) is 24.5 Å². The first-order valence-electron chi connectivity index (χ1n) is 13.0. The SMILES string of the molecule is COC(=O)CN1CC[C@](NC[C@@H](O)[C@H](Cc2cc(F)cc(F)c2)NC(C)=O)(c2cccc(C(C)C)c2)CC1=O. The van der Waals surface area contributed by atoms with Gasteiger partial charge in [-0.1, -0.05) is 38.1 Å². The van der Waals surface area contributed by atoms with Gasteiger partial charge in [0.2, 0.25) is 11.8 Å². The number of nitrogens with zero attached hydrogens (tertiary/aromatic N) is 1. The first-order valence-corrected chi connectivity index (χ1v) is 13.0. The van der Waals surface area contributed by atoms with Crippen molar-refractivity contribution in [1.82, 2.24) is 15.5 Å².